The average molecular weight is 179 g/mol. The maximum atomic E-state index is 11.3. The molecule has 0 fully saturated rings. The molecule has 0 aromatic carbocycles. The van der Waals surface area contributed by atoms with E-state index in [9.17, 15) is 4.79 Å². The quantitative estimate of drug-likeness (QED) is 0.700. The van der Waals surface area contributed by atoms with Crippen LogP contribution in [-0.2, 0) is 4.79 Å². The van der Waals surface area contributed by atoms with Gasteiger partial charge in [0.15, 0.2) is 0 Å². The van der Waals surface area contributed by atoms with Crippen molar-refractivity contribution in [2.24, 2.45) is 5.41 Å². The standard InChI is InChI=1S/C9H13N3O/c1-4-7(5-10)12-8(13)9(2,3)6-11/h7H,4H2,1-3H3,(H,12,13)/t7-/m0/s1. The second kappa shape index (κ2) is 4.47. The molecule has 1 atom stereocenters. The minimum Gasteiger partial charge on any atom is -0.339 e. The van der Waals surface area contributed by atoms with Crippen LogP contribution in [0.3, 0.4) is 0 Å². The molecule has 4 heteroatoms. The lowest BCUT2D eigenvalue weighted by Gasteiger charge is -2.17. The Morgan fingerprint density at radius 1 is 1.54 bits per heavy atom. The molecule has 13 heavy (non-hydrogen) atoms. The first-order valence-electron chi connectivity index (χ1n) is 4.09. The van der Waals surface area contributed by atoms with Crippen molar-refractivity contribution < 1.29 is 4.79 Å². The number of amides is 1. The van der Waals surface area contributed by atoms with E-state index in [0.717, 1.165) is 0 Å². The molecule has 0 aromatic heterocycles. The maximum absolute atomic E-state index is 11.3. The number of rotatable bonds is 3. The van der Waals surface area contributed by atoms with Gasteiger partial charge in [-0.2, -0.15) is 10.5 Å². The molecule has 0 saturated carbocycles. The van der Waals surface area contributed by atoms with Gasteiger partial charge in [-0.25, -0.2) is 0 Å². The SMILES string of the molecule is CC[C@@H](C#N)NC(=O)C(C)(C)C#N. The van der Waals surface area contributed by atoms with Crippen molar-refractivity contribution in [1.29, 1.82) is 10.5 Å². The summed E-state index contributed by atoms with van der Waals surface area (Å²) in [6.07, 6.45) is 0.545. The predicted molar refractivity (Wildman–Crippen MR) is 47.2 cm³/mol. The molecule has 1 N–H and O–H groups in total. The zero-order valence-corrected chi connectivity index (χ0v) is 8.09. The highest BCUT2D eigenvalue weighted by molar-refractivity contribution is 5.84. The van der Waals surface area contributed by atoms with Gasteiger partial charge in [0.05, 0.1) is 12.1 Å². The predicted octanol–water partition coefficient (Wildman–Crippen LogP) is 0.955. The molecule has 0 aliphatic heterocycles. The summed E-state index contributed by atoms with van der Waals surface area (Å²) in [4.78, 5) is 11.3. The normalized spacial score (nSPS) is 12.4. The lowest BCUT2D eigenvalue weighted by molar-refractivity contribution is -0.127. The number of nitrogens with one attached hydrogen (secondary N) is 1. The fraction of sp³-hybridized carbons (Fsp3) is 0.667. The van der Waals surface area contributed by atoms with E-state index >= 15 is 0 Å². The van der Waals surface area contributed by atoms with Crippen LogP contribution in [0.1, 0.15) is 27.2 Å². The Balaban J connectivity index is 4.34. The topological polar surface area (TPSA) is 76.7 Å². The molecule has 70 valence electrons. The minimum absolute atomic E-state index is 0.400. The van der Waals surface area contributed by atoms with E-state index in [1.807, 2.05) is 12.1 Å². The largest absolute Gasteiger partial charge is 0.339 e. The van der Waals surface area contributed by atoms with Crippen LogP contribution < -0.4 is 5.32 Å². The van der Waals surface area contributed by atoms with E-state index < -0.39 is 17.4 Å². The van der Waals surface area contributed by atoms with Gasteiger partial charge in [0.1, 0.15) is 11.5 Å². The molecule has 0 unspecified atom stereocenters. The Labute approximate surface area is 78.2 Å². The first-order valence-corrected chi connectivity index (χ1v) is 4.09. The molecule has 0 rings (SSSR count). The van der Waals surface area contributed by atoms with Crippen molar-refractivity contribution >= 4 is 5.91 Å². The van der Waals surface area contributed by atoms with Crippen LogP contribution in [0, 0.1) is 28.1 Å². The van der Waals surface area contributed by atoms with Gasteiger partial charge < -0.3 is 5.32 Å². The van der Waals surface area contributed by atoms with Crippen molar-refractivity contribution in [2.45, 2.75) is 33.2 Å². The van der Waals surface area contributed by atoms with Gasteiger partial charge in [-0.3, -0.25) is 4.79 Å². The van der Waals surface area contributed by atoms with Crippen LogP contribution in [0.5, 0.6) is 0 Å². The van der Waals surface area contributed by atoms with Gasteiger partial charge in [0.2, 0.25) is 5.91 Å². The Kier molecular flexibility index (Phi) is 3.94. The molecule has 0 radical (unpaired) electrons. The van der Waals surface area contributed by atoms with Gasteiger partial charge in [-0.05, 0) is 20.3 Å². The van der Waals surface area contributed by atoms with E-state index in [2.05, 4.69) is 5.32 Å². The van der Waals surface area contributed by atoms with Crippen LogP contribution >= 0.6 is 0 Å². The molecule has 1 amide bonds. The molecule has 4 nitrogen and oxygen atoms in total. The van der Waals surface area contributed by atoms with Crippen LogP contribution in [0.15, 0.2) is 0 Å². The molecule has 0 saturated heterocycles. The molecule has 0 aliphatic rings. The van der Waals surface area contributed by atoms with E-state index in [4.69, 9.17) is 10.5 Å². The molecule has 0 spiro atoms. The van der Waals surface area contributed by atoms with Crippen molar-refractivity contribution in [3.05, 3.63) is 0 Å². The zero-order chi connectivity index (χ0) is 10.5. The van der Waals surface area contributed by atoms with E-state index in [0.29, 0.717) is 6.42 Å². The summed E-state index contributed by atoms with van der Waals surface area (Å²) in [6.45, 7) is 4.84. The number of hydrogen-bond acceptors (Lipinski definition) is 3. The number of nitrogens with zero attached hydrogens (tertiary/aromatic N) is 2. The lowest BCUT2D eigenvalue weighted by Crippen LogP contribution is -2.41. The van der Waals surface area contributed by atoms with Crippen LogP contribution in [0.25, 0.3) is 0 Å². The maximum Gasteiger partial charge on any atom is 0.240 e. The fourth-order valence-electron chi connectivity index (χ4n) is 0.615. The highest BCUT2D eigenvalue weighted by atomic mass is 16.2. The third-order valence-electron chi connectivity index (χ3n) is 1.72. The van der Waals surface area contributed by atoms with Crippen LogP contribution in [0.2, 0.25) is 0 Å². The van der Waals surface area contributed by atoms with E-state index in [1.54, 1.807) is 6.92 Å². The summed E-state index contributed by atoms with van der Waals surface area (Å²) in [5.41, 5.74) is -1.07. The molecular formula is C9H13N3O. The first kappa shape index (κ1) is 11.4. The summed E-state index contributed by atoms with van der Waals surface area (Å²) >= 11 is 0. The summed E-state index contributed by atoms with van der Waals surface area (Å²) in [5.74, 6) is -0.400. The Morgan fingerprint density at radius 2 is 2.08 bits per heavy atom. The zero-order valence-electron chi connectivity index (χ0n) is 8.09. The fourth-order valence-corrected chi connectivity index (χ4v) is 0.615. The summed E-state index contributed by atoms with van der Waals surface area (Å²) < 4.78 is 0. The highest BCUT2D eigenvalue weighted by Crippen LogP contribution is 2.13. The van der Waals surface area contributed by atoms with E-state index in [-0.39, 0.29) is 0 Å². The van der Waals surface area contributed by atoms with Crippen molar-refractivity contribution in [2.75, 3.05) is 0 Å². The van der Waals surface area contributed by atoms with Crippen molar-refractivity contribution in [3.8, 4) is 12.1 Å². The first-order chi connectivity index (χ1) is 5.97. The average Bonchev–Trinajstić information content (AvgIpc) is 2.13. The Hall–Kier alpha value is -1.55. The molecule has 0 aromatic rings. The van der Waals surface area contributed by atoms with Crippen LogP contribution in [-0.4, -0.2) is 11.9 Å². The van der Waals surface area contributed by atoms with Crippen molar-refractivity contribution in [1.82, 2.24) is 5.32 Å². The van der Waals surface area contributed by atoms with Gasteiger partial charge in [0, 0.05) is 0 Å². The van der Waals surface area contributed by atoms with Gasteiger partial charge in [-0.1, -0.05) is 6.92 Å². The summed E-state index contributed by atoms with van der Waals surface area (Å²) in [6, 6.07) is 3.31. The third kappa shape index (κ3) is 3.13. The second-order valence-corrected chi connectivity index (χ2v) is 3.30. The summed E-state index contributed by atoms with van der Waals surface area (Å²) in [5, 5.41) is 19.7. The smallest absolute Gasteiger partial charge is 0.240 e. The molecule has 0 heterocycles. The molecule has 0 aliphatic carbocycles. The number of hydrogen-bond donors (Lipinski definition) is 1. The van der Waals surface area contributed by atoms with Crippen molar-refractivity contribution in [3.63, 3.8) is 0 Å². The second-order valence-electron chi connectivity index (χ2n) is 3.30. The Bertz CT molecular complexity index is 270. The monoisotopic (exact) mass is 179 g/mol. The number of carbonyl (C=O) groups excluding carboxylic acids is 1. The number of nitriles is 2. The van der Waals surface area contributed by atoms with Gasteiger partial charge >= 0.3 is 0 Å². The minimum atomic E-state index is -1.07. The highest BCUT2D eigenvalue weighted by Gasteiger charge is 2.28. The summed E-state index contributed by atoms with van der Waals surface area (Å²) in [7, 11) is 0. The van der Waals surface area contributed by atoms with Crippen LogP contribution in [0.4, 0.5) is 0 Å². The lowest BCUT2D eigenvalue weighted by atomic mass is 9.94. The van der Waals surface area contributed by atoms with Gasteiger partial charge in [-0.15, -0.1) is 0 Å². The molecular weight excluding hydrogens is 166 g/mol. The Morgan fingerprint density at radius 3 is 2.38 bits per heavy atom. The van der Waals surface area contributed by atoms with E-state index in [1.165, 1.54) is 13.8 Å². The molecule has 0 bridgehead atoms. The van der Waals surface area contributed by atoms with Gasteiger partial charge in [0.25, 0.3) is 0 Å². The third-order valence-corrected chi connectivity index (χ3v) is 1.72. The number of carbonyl (C=O) groups is 1.